The van der Waals surface area contributed by atoms with Crippen LogP contribution < -0.4 is 10.1 Å². The summed E-state index contributed by atoms with van der Waals surface area (Å²) in [5.74, 6) is 0.834. The molecule has 0 aliphatic carbocycles. The fourth-order valence-corrected chi connectivity index (χ4v) is 4.51. The molecule has 0 unspecified atom stereocenters. The standard InChI is InChI=1S/C19H17Br2NOS/c20-17-9-15(11-22-12-16-7-4-8-24-16)10-18(21)19(17)23-13-14-5-2-1-3-6-14/h1-10,22H,11-13H2. The monoisotopic (exact) mass is 465 g/mol. The van der Waals surface area contributed by atoms with Gasteiger partial charge >= 0.3 is 0 Å². The van der Waals surface area contributed by atoms with Crippen molar-refractivity contribution in [2.24, 2.45) is 0 Å². The van der Waals surface area contributed by atoms with Gasteiger partial charge in [-0.1, -0.05) is 36.4 Å². The molecule has 0 radical (unpaired) electrons. The molecule has 3 rings (SSSR count). The Morgan fingerprint density at radius 1 is 0.875 bits per heavy atom. The lowest BCUT2D eigenvalue weighted by Gasteiger charge is -2.13. The molecule has 1 N–H and O–H groups in total. The first-order valence-electron chi connectivity index (χ1n) is 7.60. The van der Waals surface area contributed by atoms with Crippen LogP contribution >= 0.6 is 43.2 Å². The number of benzene rings is 2. The fraction of sp³-hybridized carbons (Fsp3) is 0.158. The summed E-state index contributed by atoms with van der Waals surface area (Å²) in [4.78, 5) is 1.34. The molecule has 0 aliphatic heterocycles. The van der Waals surface area contributed by atoms with Gasteiger partial charge < -0.3 is 10.1 Å². The molecule has 0 amide bonds. The van der Waals surface area contributed by atoms with Crippen molar-refractivity contribution < 1.29 is 4.74 Å². The van der Waals surface area contributed by atoms with Crippen LogP contribution in [0.5, 0.6) is 5.75 Å². The van der Waals surface area contributed by atoms with E-state index in [2.05, 4.69) is 79.0 Å². The number of nitrogens with one attached hydrogen (secondary N) is 1. The first kappa shape index (κ1) is 17.7. The quantitative estimate of drug-likeness (QED) is 0.451. The summed E-state index contributed by atoms with van der Waals surface area (Å²) < 4.78 is 7.88. The van der Waals surface area contributed by atoms with Gasteiger partial charge in [-0.25, -0.2) is 0 Å². The summed E-state index contributed by atoms with van der Waals surface area (Å²) in [5.41, 5.74) is 2.36. The molecule has 3 aromatic rings. The summed E-state index contributed by atoms with van der Waals surface area (Å²) in [5, 5.41) is 5.56. The Balaban J connectivity index is 1.60. The smallest absolute Gasteiger partial charge is 0.148 e. The van der Waals surface area contributed by atoms with Gasteiger partial charge in [0.2, 0.25) is 0 Å². The van der Waals surface area contributed by atoms with Crippen LogP contribution in [0.25, 0.3) is 0 Å². The van der Waals surface area contributed by atoms with Crippen LogP contribution in [0.15, 0.2) is 68.9 Å². The van der Waals surface area contributed by atoms with E-state index in [1.165, 1.54) is 10.4 Å². The van der Waals surface area contributed by atoms with Crippen LogP contribution in [0.3, 0.4) is 0 Å². The minimum atomic E-state index is 0.550. The normalized spacial score (nSPS) is 10.8. The van der Waals surface area contributed by atoms with E-state index in [9.17, 15) is 0 Å². The van der Waals surface area contributed by atoms with Gasteiger partial charge in [0.25, 0.3) is 0 Å². The topological polar surface area (TPSA) is 21.3 Å². The highest BCUT2D eigenvalue weighted by Gasteiger charge is 2.09. The third-order valence-corrected chi connectivity index (χ3v) is 5.55. The molecule has 2 nitrogen and oxygen atoms in total. The van der Waals surface area contributed by atoms with Crippen LogP contribution in [-0.4, -0.2) is 0 Å². The van der Waals surface area contributed by atoms with E-state index in [1.807, 2.05) is 18.2 Å². The van der Waals surface area contributed by atoms with Gasteiger partial charge in [0.05, 0.1) is 8.95 Å². The molecule has 1 aromatic heterocycles. The van der Waals surface area contributed by atoms with E-state index in [0.717, 1.165) is 33.3 Å². The third-order valence-electron chi connectivity index (χ3n) is 3.49. The molecule has 0 bridgehead atoms. The van der Waals surface area contributed by atoms with Crippen molar-refractivity contribution in [3.63, 3.8) is 0 Å². The first-order chi connectivity index (χ1) is 11.7. The summed E-state index contributed by atoms with van der Waals surface area (Å²) >= 11 is 9.01. The largest absolute Gasteiger partial charge is 0.487 e. The van der Waals surface area contributed by atoms with E-state index < -0.39 is 0 Å². The Labute approximate surface area is 163 Å². The summed E-state index contributed by atoms with van der Waals surface area (Å²) in [6.45, 7) is 2.25. The lowest BCUT2D eigenvalue weighted by Crippen LogP contribution is -2.11. The van der Waals surface area contributed by atoms with Crippen LogP contribution in [-0.2, 0) is 19.7 Å². The van der Waals surface area contributed by atoms with Crippen LogP contribution in [0, 0.1) is 0 Å². The van der Waals surface area contributed by atoms with E-state index in [4.69, 9.17) is 4.74 Å². The summed E-state index contributed by atoms with van der Waals surface area (Å²) in [6, 6.07) is 18.6. The van der Waals surface area contributed by atoms with Crippen molar-refractivity contribution in [1.82, 2.24) is 5.32 Å². The predicted molar refractivity (Wildman–Crippen MR) is 107 cm³/mol. The zero-order chi connectivity index (χ0) is 16.8. The average molecular weight is 467 g/mol. The number of ether oxygens (including phenoxy) is 1. The lowest BCUT2D eigenvalue weighted by molar-refractivity contribution is 0.302. The molecular weight excluding hydrogens is 450 g/mol. The number of hydrogen-bond acceptors (Lipinski definition) is 3. The number of rotatable bonds is 7. The maximum Gasteiger partial charge on any atom is 0.148 e. The zero-order valence-electron chi connectivity index (χ0n) is 13.0. The van der Waals surface area contributed by atoms with Crippen LogP contribution in [0.1, 0.15) is 16.0 Å². The van der Waals surface area contributed by atoms with Gasteiger partial charge in [0.15, 0.2) is 0 Å². The van der Waals surface area contributed by atoms with Gasteiger partial charge in [-0.05, 0) is 66.6 Å². The number of hydrogen-bond donors (Lipinski definition) is 1. The Kier molecular flexibility index (Phi) is 6.49. The van der Waals surface area contributed by atoms with Gasteiger partial charge in [-0.2, -0.15) is 0 Å². The van der Waals surface area contributed by atoms with Crippen molar-refractivity contribution in [2.45, 2.75) is 19.7 Å². The summed E-state index contributed by atoms with van der Waals surface area (Å²) in [7, 11) is 0. The van der Waals surface area contributed by atoms with Crippen molar-refractivity contribution in [3.05, 3.63) is 84.9 Å². The molecule has 2 aromatic carbocycles. The van der Waals surface area contributed by atoms with Crippen molar-refractivity contribution in [1.29, 1.82) is 0 Å². The minimum absolute atomic E-state index is 0.550. The molecule has 0 saturated heterocycles. The Morgan fingerprint density at radius 3 is 2.29 bits per heavy atom. The van der Waals surface area contributed by atoms with Crippen molar-refractivity contribution >= 4 is 43.2 Å². The minimum Gasteiger partial charge on any atom is -0.487 e. The van der Waals surface area contributed by atoms with Crippen LogP contribution in [0.2, 0.25) is 0 Å². The molecule has 124 valence electrons. The second-order valence-electron chi connectivity index (χ2n) is 5.35. The van der Waals surface area contributed by atoms with E-state index in [-0.39, 0.29) is 0 Å². The Morgan fingerprint density at radius 2 is 1.62 bits per heavy atom. The maximum absolute atomic E-state index is 5.96. The third kappa shape index (κ3) is 4.93. The highest BCUT2D eigenvalue weighted by Crippen LogP contribution is 2.35. The Bertz CT molecular complexity index is 752. The summed E-state index contributed by atoms with van der Waals surface area (Å²) in [6.07, 6.45) is 0. The van der Waals surface area contributed by atoms with Gasteiger partial charge in [0.1, 0.15) is 12.4 Å². The molecule has 0 aliphatic rings. The molecule has 5 heteroatoms. The van der Waals surface area contributed by atoms with E-state index in [0.29, 0.717) is 6.61 Å². The SMILES string of the molecule is Brc1cc(CNCc2cccs2)cc(Br)c1OCc1ccccc1. The lowest BCUT2D eigenvalue weighted by atomic mass is 10.2. The Hall–Kier alpha value is -1.14. The van der Waals surface area contributed by atoms with Gasteiger partial charge in [0, 0.05) is 18.0 Å². The first-order valence-corrected chi connectivity index (χ1v) is 10.1. The van der Waals surface area contributed by atoms with Crippen molar-refractivity contribution in [2.75, 3.05) is 0 Å². The average Bonchev–Trinajstić information content (AvgIpc) is 3.08. The number of thiophene rings is 1. The van der Waals surface area contributed by atoms with Gasteiger partial charge in [-0.15, -0.1) is 11.3 Å². The zero-order valence-corrected chi connectivity index (χ0v) is 17.0. The van der Waals surface area contributed by atoms with Gasteiger partial charge in [-0.3, -0.25) is 0 Å². The predicted octanol–water partition coefficient (Wildman–Crippen LogP) is 6.14. The molecule has 0 fully saturated rings. The van der Waals surface area contributed by atoms with Crippen molar-refractivity contribution in [3.8, 4) is 5.75 Å². The van der Waals surface area contributed by atoms with E-state index >= 15 is 0 Å². The maximum atomic E-state index is 5.96. The highest BCUT2D eigenvalue weighted by atomic mass is 79.9. The molecule has 0 atom stereocenters. The molecule has 1 heterocycles. The number of halogens is 2. The molecule has 0 spiro atoms. The highest BCUT2D eigenvalue weighted by molar-refractivity contribution is 9.11. The second-order valence-corrected chi connectivity index (χ2v) is 8.09. The second kappa shape index (κ2) is 8.81. The molecular formula is C19H17Br2NOS. The molecule has 0 saturated carbocycles. The fourth-order valence-electron chi connectivity index (χ4n) is 2.33. The van der Waals surface area contributed by atoms with Crippen LogP contribution in [0.4, 0.5) is 0 Å². The molecule has 24 heavy (non-hydrogen) atoms. The van der Waals surface area contributed by atoms with E-state index in [1.54, 1.807) is 11.3 Å².